The van der Waals surface area contributed by atoms with Crippen molar-refractivity contribution in [3.05, 3.63) is 23.8 Å². The van der Waals surface area contributed by atoms with Crippen molar-refractivity contribution >= 4 is 17.2 Å². The Morgan fingerprint density at radius 2 is 1.88 bits per heavy atom. The van der Waals surface area contributed by atoms with Crippen LogP contribution in [0.25, 0.3) is 0 Å². The number of nitrogens with zero attached hydrogens (tertiary/aromatic N) is 1. The molecule has 1 unspecified atom stereocenters. The normalized spacial score (nSPS) is 17.0. The van der Waals surface area contributed by atoms with Crippen LogP contribution in [-0.2, 0) is 4.79 Å². The molecule has 1 fully saturated rings. The Labute approximate surface area is 147 Å². The lowest BCUT2D eigenvalue weighted by molar-refractivity contribution is -0.117. The summed E-state index contributed by atoms with van der Waals surface area (Å²) in [6.07, 6.45) is 7.14. The minimum Gasteiger partial charge on any atom is -0.397 e. The molecule has 0 spiro atoms. The fourth-order valence-electron chi connectivity index (χ4n) is 3.92. The summed E-state index contributed by atoms with van der Waals surface area (Å²) in [6.45, 7) is 9.35. The van der Waals surface area contributed by atoms with Gasteiger partial charge in [0.05, 0.1) is 11.4 Å². The lowest BCUT2D eigenvalue weighted by Gasteiger charge is -2.38. The van der Waals surface area contributed by atoms with Crippen molar-refractivity contribution in [2.75, 3.05) is 17.2 Å². The van der Waals surface area contributed by atoms with E-state index in [0.717, 1.165) is 12.2 Å². The van der Waals surface area contributed by atoms with Crippen LogP contribution in [0, 0.1) is 5.92 Å². The van der Waals surface area contributed by atoms with Gasteiger partial charge in [-0.05, 0) is 49.3 Å². The zero-order valence-corrected chi connectivity index (χ0v) is 15.8. The maximum Gasteiger partial charge on any atom is 0.130 e. The van der Waals surface area contributed by atoms with Gasteiger partial charge in [0.15, 0.2) is 0 Å². The average Bonchev–Trinajstić information content (AvgIpc) is 2.53. The lowest BCUT2D eigenvalue weighted by atomic mass is 9.92. The van der Waals surface area contributed by atoms with Gasteiger partial charge in [0.1, 0.15) is 5.78 Å². The second-order valence-electron chi connectivity index (χ2n) is 7.96. The van der Waals surface area contributed by atoms with E-state index in [9.17, 15) is 4.79 Å². The van der Waals surface area contributed by atoms with Crippen LogP contribution in [-0.4, -0.2) is 18.4 Å². The molecule has 1 saturated carbocycles. The largest absolute Gasteiger partial charge is 0.397 e. The molecule has 2 rings (SSSR count). The topological polar surface area (TPSA) is 46.3 Å². The molecule has 24 heavy (non-hydrogen) atoms. The predicted octanol–water partition coefficient (Wildman–Crippen LogP) is 5.15. The molecule has 134 valence electrons. The van der Waals surface area contributed by atoms with E-state index in [1.54, 1.807) is 6.92 Å². The highest BCUT2D eigenvalue weighted by Gasteiger charge is 2.24. The molecule has 0 radical (unpaired) electrons. The third-order valence-electron chi connectivity index (χ3n) is 5.10. The summed E-state index contributed by atoms with van der Waals surface area (Å²) in [5, 5.41) is 0. The van der Waals surface area contributed by atoms with Gasteiger partial charge < -0.3 is 15.4 Å². The standard InChI is InChI=1S/C21H34N2O/c1-15(2)14-23(19-8-6-5-7-9-19)21-11-10-18(13-20(21)22)16(3)12-17(4)24/h10-11,13,15-16,19H,5-9,12,14,22H2,1-4H3. The van der Waals surface area contributed by atoms with E-state index in [2.05, 4.69) is 43.9 Å². The summed E-state index contributed by atoms with van der Waals surface area (Å²) in [5.41, 5.74) is 9.64. The zero-order valence-electron chi connectivity index (χ0n) is 15.8. The first-order chi connectivity index (χ1) is 11.4. The SMILES string of the molecule is CC(=O)CC(C)c1ccc(N(CC(C)C)C2CCCCC2)c(N)c1. The van der Waals surface area contributed by atoms with Crippen LogP contribution in [0.4, 0.5) is 11.4 Å². The van der Waals surface area contributed by atoms with Gasteiger partial charge >= 0.3 is 0 Å². The number of nitrogens with two attached hydrogens (primary N) is 1. The molecule has 1 aromatic rings. The van der Waals surface area contributed by atoms with Gasteiger partial charge in [0.2, 0.25) is 0 Å². The Hall–Kier alpha value is -1.51. The molecule has 0 saturated heterocycles. The van der Waals surface area contributed by atoms with Crippen LogP contribution in [0.1, 0.15) is 77.7 Å². The molecule has 2 N–H and O–H groups in total. The van der Waals surface area contributed by atoms with Gasteiger partial charge in [-0.25, -0.2) is 0 Å². The van der Waals surface area contributed by atoms with E-state index in [1.165, 1.54) is 43.4 Å². The van der Waals surface area contributed by atoms with Gasteiger partial charge in [-0.15, -0.1) is 0 Å². The molecule has 3 heteroatoms. The third-order valence-corrected chi connectivity index (χ3v) is 5.10. The molecule has 1 aliphatic rings. The molecule has 0 bridgehead atoms. The van der Waals surface area contributed by atoms with Crippen molar-refractivity contribution in [2.45, 2.75) is 78.2 Å². The maximum absolute atomic E-state index is 11.4. The molecule has 0 aliphatic heterocycles. The Kier molecular flexibility index (Phi) is 6.70. The second kappa shape index (κ2) is 8.55. The van der Waals surface area contributed by atoms with Crippen LogP contribution >= 0.6 is 0 Å². The maximum atomic E-state index is 11.4. The summed E-state index contributed by atoms with van der Waals surface area (Å²) in [7, 11) is 0. The molecule has 1 aromatic carbocycles. The quantitative estimate of drug-likeness (QED) is 0.704. The number of nitrogen functional groups attached to an aromatic ring is 1. The van der Waals surface area contributed by atoms with Crippen molar-refractivity contribution in [2.24, 2.45) is 5.92 Å². The highest BCUT2D eigenvalue weighted by atomic mass is 16.1. The van der Waals surface area contributed by atoms with Crippen molar-refractivity contribution in [1.82, 2.24) is 0 Å². The van der Waals surface area contributed by atoms with Gasteiger partial charge in [-0.3, -0.25) is 0 Å². The lowest BCUT2D eigenvalue weighted by Crippen LogP contribution is -2.39. The predicted molar refractivity (Wildman–Crippen MR) is 104 cm³/mol. The van der Waals surface area contributed by atoms with Crippen LogP contribution < -0.4 is 10.6 Å². The summed E-state index contributed by atoms with van der Waals surface area (Å²) < 4.78 is 0. The van der Waals surface area contributed by atoms with Gasteiger partial charge in [0, 0.05) is 19.0 Å². The van der Waals surface area contributed by atoms with Crippen LogP contribution in [0.3, 0.4) is 0 Å². The molecule has 3 nitrogen and oxygen atoms in total. The number of rotatable bonds is 7. The smallest absolute Gasteiger partial charge is 0.130 e. The first kappa shape index (κ1) is 18.8. The van der Waals surface area contributed by atoms with Gasteiger partial charge in [-0.1, -0.05) is 46.1 Å². The van der Waals surface area contributed by atoms with E-state index < -0.39 is 0 Å². The van der Waals surface area contributed by atoms with Crippen LogP contribution in [0.2, 0.25) is 0 Å². The number of Topliss-reactive ketones (excluding diaryl/α,β-unsaturated/α-hetero) is 1. The summed E-state index contributed by atoms with van der Waals surface area (Å²) in [4.78, 5) is 13.9. The molecule has 0 aromatic heterocycles. The minimum atomic E-state index is 0.229. The fourth-order valence-corrected chi connectivity index (χ4v) is 3.92. The number of ketones is 1. The van der Waals surface area contributed by atoms with Crippen LogP contribution in [0.5, 0.6) is 0 Å². The van der Waals surface area contributed by atoms with Crippen molar-refractivity contribution < 1.29 is 4.79 Å². The van der Waals surface area contributed by atoms with Crippen molar-refractivity contribution in [1.29, 1.82) is 0 Å². The zero-order chi connectivity index (χ0) is 17.7. The van der Waals surface area contributed by atoms with Crippen molar-refractivity contribution in [3.63, 3.8) is 0 Å². The van der Waals surface area contributed by atoms with Crippen LogP contribution in [0.15, 0.2) is 18.2 Å². The molecule has 0 heterocycles. The highest BCUT2D eigenvalue weighted by Crippen LogP contribution is 2.34. The van der Waals surface area contributed by atoms with Gasteiger partial charge in [0.25, 0.3) is 0 Å². The number of carbonyl (C=O) groups is 1. The number of hydrogen-bond donors (Lipinski definition) is 1. The molecule has 1 aliphatic carbocycles. The number of benzene rings is 1. The Bertz CT molecular complexity index is 547. The van der Waals surface area contributed by atoms with E-state index in [-0.39, 0.29) is 11.7 Å². The third kappa shape index (κ3) is 4.99. The fraction of sp³-hybridized carbons (Fsp3) is 0.667. The number of carbonyl (C=O) groups excluding carboxylic acids is 1. The average molecular weight is 331 g/mol. The van der Waals surface area contributed by atoms with E-state index in [4.69, 9.17) is 5.73 Å². The first-order valence-corrected chi connectivity index (χ1v) is 9.54. The number of anilines is 2. The molecule has 1 atom stereocenters. The molecule has 0 amide bonds. The Morgan fingerprint density at radius 1 is 1.21 bits per heavy atom. The summed E-state index contributed by atoms with van der Waals surface area (Å²) in [5.74, 6) is 1.07. The molecular formula is C21H34N2O. The Morgan fingerprint density at radius 3 is 2.42 bits per heavy atom. The summed E-state index contributed by atoms with van der Waals surface area (Å²) in [6, 6.07) is 7.04. The first-order valence-electron chi connectivity index (χ1n) is 9.54. The molecular weight excluding hydrogens is 296 g/mol. The second-order valence-corrected chi connectivity index (χ2v) is 7.96. The van der Waals surface area contributed by atoms with E-state index >= 15 is 0 Å². The monoisotopic (exact) mass is 330 g/mol. The Balaban J connectivity index is 2.24. The van der Waals surface area contributed by atoms with Gasteiger partial charge in [-0.2, -0.15) is 0 Å². The summed E-state index contributed by atoms with van der Waals surface area (Å²) >= 11 is 0. The highest BCUT2D eigenvalue weighted by molar-refractivity contribution is 5.77. The number of hydrogen-bond acceptors (Lipinski definition) is 3. The minimum absolute atomic E-state index is 0.229. The van der Waals surface area contributed by atoms with E-state index in [1.807, 2.05) is 0 Å². The van der Waals surface area contributed by atoms with Crippen molar-refractivity contribution in [3.8, 4) is 0 Å². The van der Waals surface area contributed by atoms with E-state index in [0.29, 0.717) is 18.4 Å².